The lowest BCUT2D eigenvalue weighted by Crippen LogP contribution is -2.29. The van der Waals surface area contributed by atoms with Crippen LogP contribution in [-0.2, 0) is 16.0 Å². The molecule has 1 fully saturated rings. The highest BCUT2D eigenvalue weighted by Crippen LogP contribution is 2.42. The largest absolute Gasteiger partial charge is 0.507 e. The zero-order valence-corrected chi connectivity index (χ0v) is 18.8. The van der Waals surface area contributed by atoms with Crippen molar-refractivity contribution in [3.8, 4) is 5.75 Å². The summed E-state index contributed by atoms with van der Waals surface area (Å²) >= 11 is 0. The molecule has 0 bridgehead atoms. The third-order valence-electron chi connectivity index (χ3n) is 5.76. The van der Waals surface area contributed by atoms with E-state index >= 15 is 0 Å². The summed E-state index contributed by atoms with van der Waals surface area (Å²) in [6, 6.07) is 23.1. The van der Waals surface area contributed by atoms with E-state index in [1.54, 1.807) is 24.3 Å². The summed E-state index contributed by atoms with van der Waals surface area (Å²) in [6.45, 7) is 4.62. The van der Waals surface area contributed by atoms with E-state index in [1.165, 1.54) is 4.90 Å². The average molecular weight is 442 g/mol. The lowest BCUT2D eigenvalue weighted by molar-refractivity contribution is -0.132. The molecular formula is C28H27NO4. The van der Waals surface area contributed by atoms with Gasteiger partial charge in [0, 0.05) is 11.3 Å². The SMILES string of the molecule is CCCOc1cccc(/C(O)=C2/C(=O)C(=O)N(c3ccc(CC)cc3)C2c2ccccc2)c1. The number of aryl methyl sites for hydroxylation is 1. The van der Waals surface area contributed by atoms with Gasteiger partial charge in [-0.15, -0.1) is 0 Å². The highest BCUT2D eigenvalue weighted by atomic mass is 16.5. The van der Waals surface area contributed by atoms with Crippen LogP contribution in [0.5, 0.6) is 5.75 Å². The zero-order valence-electron chi connectivity index (χ0n) is 18.8. The second-order valence-corrected chi connectivity index (χ2v) is 7.98. The van der Waals surface area contributed by atoms with E-state index in [1.807, 2.05) is 61.5 Å². The second-order valence-electron chi connectivity index (χ2n) is 7.98. The molecule has 1 amide bonds. The molecule has 0 saturated carbocycles. The maximum Gasteiger partial charge on any atom is 0.300 e. The normalized spacial score (nSPS) is 17.4. The highest BCUT2D eigenvalue weighted by molar-refractivity contribution is 6.51. The van der Waals surface area contributed by atoms with Crippen molar-refractivity contribution >= 4 is 23.1 Å². The van der Waals surface area contributed by atoms with Crippen LogP contribution in [0.1, 0.15) is 43.0 Å². The number of nitrogens with zero attached hydrogens (tertiary/aromatic N) is 1. The first-order valence-electron chi connectivity index (χ1n) is 11.2. The summed E-state index contributed by atoms with van der Waals surface area (Å²) in [7, 11) is 0. The zero-order chi connectivity index (χ0) is 23.4. The Morgan fingerprint density at radius 2 is 1.67 bits per heavy atom. The fourth-order valence-electron chi connectivity index (χ4n) is 4.05. The Bertz CT molecular complexity index is 1180. The predicted octanol–water partition coefficient (Wildman–Crippen LogP) is 5.66. The average Bonchev–Trinajstić information content (AvgIpc) is 3.13. The number of hydrogen-bond donors (Lipinski definition) is 1. The van der Waals surface area contributed by atoms with Gasteiger partial charge in [-0.2, -0.15) is 0 Å². The van der Waals surface area contributed by atoms with Crippen LogP contribution in [0.15, 0.2) is 84.4 Å². The van der Waals surface area contributed by atoms with E-state index in [4.69, 9.17) is 4.74 Å². The minimum Gasteiger partial charge on any atom is -0.507 e. The molecule has 1 aliphatic rings. The fraction of sp³-hybridized carbons (Fsp3) is 0.214. The number of benzene rings is 3. The Morgan fingerprint density at radius 1 is 0.939 bits per heavy atom. The Morgan fingerprint density at radius 3 is 2.33 bits per heavy atom. The molecule has 0 aliphatic carbocycles. The van der Waals surface area contributed by atoms with E-state index in [0.717, 1.165) is 24.0 Å². The van der Waals surface area contributed by atoms with Crippen molar-refractivity contribution in [1.29, 1.82) is 0 Å². The number of ketones is 1. The smallest absolute Gasteiger partial charge is 0.300 e. The van der Waals surface area contributed by atoms with Gasteiger partial charge in [-0.1, -0.05) is 68.4 Å². The van der Waals surface area contributed by atoms with Crippen molar-refractivity contribution < 1.29 is 19.4 Å². The molecule has 168 valence electrons. The molecule has 1 atom stereocenters. The third kappa shape index (κ3) is 4.40. The van der Waals surface area contributed by atoms with Gasteiger partial charge in [0.2, 0.25) is 0 Å². The van der Waals surface area contributed by atoms with E-state index in [2.05, 4.69) is 6.92 Å². The molecule has 33 heavy (non-hydrogen) atoms. The van der Waals surface area contributed by atoms with Crippen molar-refractivity contribution in [2.24, 2.45) is 0 Å². The molecule has 1 N–H and O–H groups in total. The number of amides is 1. The van der Waals surface area contributed by atoms with Crippen LogP contribution in [0.25, 0.3) is 5.76 Å². The first kappa shape index (κ1) is 22.3. The number of carbonyl (C=O) groups excluding carboxylic acids is 2. The monoisotopic (exact) mass is 441 g/mol. The molecule has 1 unspecified atom stereocenters. The summed E-state index contributed by atoms with van der Waals surface area (Å²) in [5, 5.41) is 11.3. The summed E-state index contributed by atoms with van der Waals surface area (Å²) in [4.78, 5) is 27.9. The lowest BCUT2D eigenvalue weighted by atomic mass is 9.95. The van der Waals surface area contributed by atoms with Gasteiger partial charge in [-0.05, 0) is 48.2 Å². The molecule has 1 aliphatic heterocycles. The summed E-state index contributed by atoms with van der Waals surface area (Å²) in [5.74, 6) is -0.979. The summed E-state index contributed by atoms with van der Waals surface area (Å²) < 4.78 is 5.68. The molecule has 1 heterocycles. The van der Waals surface area contributed by atoms with Crippen molar-refractivity contribution in [2.75, 3.05) is 11.5 Å². The van der Waals surface area contributed by atoms with Gasteiger partial charge in [0.05, 0.1) is 18.2 Å². The molecule has 1 saturated heterocycles. The highest BCUT2D eigenvalue weighted by Gasteiger charge is 2.46. The molecule has 4 rings (SSSR count). The number of ether oxygens (including phenoxy) is 1. The van der Waals surface area contributed by atoms with Crippen LogP contribution in [0, 0.1) is 0 Å². The second kappa shape index (κ2) is 9.74. The first-order chi connectivity index (χ1) is 16.0. The van der Waals surface area contributed by atoms with E-state index in [-0.39, 0.29) is 11.3 Å². The first-order valence-corrected chi connectivity index (χ1v) is 11.2. The number of anilines is 1. The third-order valence-corrected chi connectivity index (χ3v) is 5.76. The molecule has 0 radical (unpaired) electrons. The van der Waals surface area contributed by atoms with Gasteiger partial charge in [0.25, 0.3) is 11.7 Å². The van der Waals surface area contributed by atoms with Crippen LogP contribution >= 0.6 is 0 Å². The summed E-state index contributed by atoms with van der Waals surface area (Å²) in [6.07, 6.45) is 1.73. The van der Waals surface area contributed by atoms with Crippen molar-refractivity contribution in [3.05, 3.63) is 101 Å². The molecule has 5 nitrogen and oxygen atoms in total. The predicted molar refractivity (Wildman–Crippen MR) is 129 cm³/mol. The number of hydrogen-bond acceptors (Lipinski definition) is 4. The Balaban J connectivity index is 1.85. The molecule has 3 aromatic carbocycles. The summed E-state index contributed by atoms with van der Waals surface area (Å²) in [5.41, 5.74) is 3.00. The fourth-order valence-corrected chi connectivity index (χ4v) is 4.05. The van der Waals surface area contributed by atoms with Crippen LogP contribution in [-0.4, -0.2) is 23.4 Å². The minimum absolute atomic E-state index is 0.0680. The maximum atomic E-state index is 13.2. The number of aliphatic hydroxyl groups excluding tert-OH is 1. The molecule has 5 heteroatoms. The van der Waals surface area contributed by atoms with Crippen LogP contribution in [0.3, 0.4) is 0 Å². The van der Waals surface area contributed by atoms with Gasteiger partial charge in [0.15, 0.2) is 0 Å². The Labute approximate surface area is 193 Å². The van der Waals surface area contributed by atoms with Crippen LogP contribution in [0.2, 0.25) is 0 Å². The standard InChI is InChI=1S/C28H27NO4/c1-3-17-33-23-12-8-11-21(18-23)26(30)24-25(20-9-6-5-7-10-20)29(28(32)27(24)31)22-15-13-19(4-2)14-16-22/h5-16,18,25,30H,3-4,17H2,1-2H3/b26-24-. The quantitative estimate of drug-likeness (QED) is 0.292. The van der Waals surface area contributed by atoms with Gasteiger partial charge in [-0.25, -0.2) is 0 Å². The van der Waals surface area contributed by atoms with Gasteiger partial charge < -0.3 is 9.84 Å². The lowest BCUT2D eigenvalue weighted by Gasteiger charge is -2.25. The van der Waals surface area contributed by atoms with Crippen molar-refractivity contribution in [3.63, 3.8) is 0 Å². The topological polar surface area (TPSA) is 66.8 Å². The molecule has 0 spiro atoms. The maximum absolute atomic E-state index is 13.2. The molecule has 0 aromatic heterocycles. The Kier molecular flexibility index (Phi) is 6.59. The Hall–Kier alpha value is -3.86. The van der Waals surface area contributed by atoms with E-state index in [0.29, 0.717) is 23.6 Å². The van der Waals surface area contributed by atoms with E-state index < -0.39 is 17.7 Å². The van der Waals surface area contributed by atoms with Gasteiger partial charge in [-0.3, -0.25) is 14.5 Å². The number of aliphatic hydroxyl groups is 1. The molecule has 3 aromatic rings. The van der Waals surface area contributed by atoms with Crippen molar-refractivity contribution in [2.45, 2.75) is 32.7 Å². The number of carbonyl (C=O) groups is 2. The van der Waals surface area contributed by atoms with Crippen LogP contribution < -0.4 is 9.64 Å². The van der Waals surface area contributed by atoms with Gasteiger partial charge >= 0.3 is 0 Å². The number of Topliss-reactive ketones (excluding diaryl/α,β-unsaturated/α-hetero) is 1. The number of rotatable bonds is 7. The van der Waals surface area contributed by atoms with Crippen molar-refractivity contribution in [1.82, 2.24) is 0 Å². The minimum atomic E-state index is -0.737. The van der Waals surface area contributed by atoms with E-state index in [9.17, 15) is 14.7 Å². The molecular weight excluding hydrogens is 414 g/mol. The van der Waals surface area contributed by atoms with Crippen LogP contribution in [0.4, 0.5) is 5.69 Å². The van der Waals surface area contributed by atoms with Gasteiger partial charge in [0.1, 0.15) is 11.5 Å².